The molecule has 2 aliphatic rings. The lowest BCUT2D eigenvalue weighted by molar-refractivity contribution is -0.143. The van der Waals surface area contributed by atoms with Gasteiger partial charge in [-0.15, -0.1) is 0 Å². The van der Waals surface area contributed by atoms with Crippen molar-refractivity contribution in [3.63, 3.8) is 0 Å². The van der Waals surface area contributed by atoms with Gasteiger partial charge in [0.15, 0.2) is 19.4 Å². The number of hydrogen-bond donors (Lipinski definition) is 0. The highest BCUT2D eigenvalue weighted by molar-refractivity contribution is 5.94. The minimum Gasteiger partial charge on any atom is -0.467 e. The molecule has 1 saturated heterocycles. The Morgan fingerprint density at radius 1 is 1.03 bits per heavy atom. The topological polar surface area (TPSA) is 81.7 Å². The Labute approximate surface area is 202 Å². The fourth-order valence-electron chi connectivity index (χ4n) is 4.35. The van der Waals surface area contributed by atoms with Gasteiger partial charge in [0.2, 0.25) is 0 Å². The van der Waals surface area contributed by atoms with Crippen LogP contribution in [0.25, 0.3) is 0 Å². The van der Waals surface area contributed by atoms with E-state index in [1.54, 1.807) is 13.2 Å². The zero-order chi connectivity index (χ0) is 24.7. The van der Waals surface area contributed by atoms with E-state index in [-0.39, 0.29) is 37.8 Å². The first-order valence-electron chi connectivity index (χ1n) is 11.9. The van der Waals surface area contributed by atoms with Gasteiger partial charge in [-0.25, -0.2) is 4.79 Å². The van der Waals surface area contributed by atoms with Gasteiger partial charge >= 0.3 is 5.97 Å². The maximum atomic E-state index is 13.3. The molecular formula is C26H38O8. The van der Waals surface area contributed by atoms with Gasteiger partial charge in [0.25, 0.3) is 0 Å². The predicted molar refractivity (Wildman–Crippen MR) is 126 cm³/mol. The minimum atomic E-state index is -0.622. The molecule has 2 aliphatic heterocycles. The monoisotopic (exact) mass is 478 g/mol. The Morgan fingerprint density at radius 3 is 2.50 bits per heavy atom. The molecule has 0 bridgehead atoms. The van der Waals surface area contributed by atoms with Gasteiger partial charge in [-0.3, -0.25) is 0 Å². The molecule has 1 aromatic carbocycles. The summed E-state index contributed by atoms with van der Waals surface area (Å²) in [6.07, 6.45) is 6.51. The zero-order valence-electron chi connectivity index (χ0n) is 21.1. The normalized spacial score (nSPS) is 28.2. The molecule has 3 rings (SSSR count). The van der Waals surface area contributed by atoms with Crippen LogP contribution in [-0.2, 0) is 30.1 Å². The maximum absolute atomic E-state index is 13.3. The van der Waals surface area contributed by atoms with Crippen LogP contribution in [-0.4, -0.2) is 57.9 Å². The molecule has 1 aromatic rings. The summed E-state index contributed by atoms with van der Waals surface area (Å²) in [6.45, 7) is 7.99. The third-order valence-corrected chi connectivity index (χ3v) is 5.87. The van der Waals surface area contributed by atoms with Crippen LogP contribution >= 0.6 is 0 Å². The number of cyclic esters (lactones) is 1. The van der Waals surface area contributed by atoms with Crippen LogP contribution in [0.3, 0.4) is 0 Å². The third-order valence-electron chi connectivity index (χ3n) is 5.87. The van der Waals surface area contributed by atoms with Crippen LogP contribution in [0.2, 0.25) is 0 Å². The molecule has 4 atom stereocenters. The first-order chi connectivity index (χ1) is 16.2. The van der Waals surface area contributed by atoms with Crippen molar-refractivity contribution in [2.24, 2.45) is 5.92 Å². The van der Waals surface area contributed by atoms with E-state index in [4.69, 9.17) is 33.2 Å². The Kier molecular flexibility index (Phi) is 9.36. The van der Waals surface area contributed by atoms with Crippen LogP contribution in [0, 0.1) is 5.92 Å². The second kappa shape index (κ2) is 12.0. The summed E-state index contributed by atoms with van der Waals surface area (Å²) in [5, 5.41) is 0. The van der Waals surface area contributed by atoms with Crippen LogP contribution in [0.1, 0.15) is 62.9 Å². The first kappa shape index (κ1) is 26.5. The molecule has 1 fully saturated rings. The smallest absolute Gasteiger partial charge is 0.342 e. The van der Waals surface area contributed by atoms with E-state index < -0.39 is 11.8 Å². The summed E-state index contributed by atoms with van der Waals surface area (Å²) in [6, 6.07) is 3.54. The van der Waals surface area contributed by atoms with E-state index in [2.05, 4.69) is 6.92 Å². The van der Waals surface area contributed by atoms with Crippen LogP contribution in [0.15, 0.2) is 24.3 Å². The van der Waals surface area contributed by atoms with Crippen molar-refractivity contribution in [2.75, 3.05) is 27.8 Å². The first-order valence-corrected chi connectivity index (χ1v) is 11.9. The quantitative estimate of drug-likeness (QED) is 0.332. The fraction of sp³-hybridized carbons (Fsp3) is 0.654. The molecule has 8 nitrogen and oxygen atoms in total. The van der Waals surface area contributed by atoms with Gasteiger partial charge in [-0.2, -0.15) is 0 Å². The Hall–Kier alpha value is -2.13. The van der Waals surface area contributed by atoms with E-state index >= 15 is 0 Å². The Morgan fingerprint density at radius 2 is 1.76 bits per heavy atom. The molecule has 1 unspecified atom stereocenters. The molecule has 34 heavy (non-hydrogen) atoms. The molecule has 0 aliphatic carbocycles. The SMILES string of the molecule is COCOc1cc2c(c(OCOC)c1)C(=O)O[C@@H](C)C/C=C/[C@H]1OC(C)(C)O[C@H]1CCC(C)C2. The van der Waals surface area contributed by atoms with Crippen LogP contribution in [0.4, 0.5) is 0 Å². The lowest BCUT2D eigenvalue weighted by Gasteiger charge is -2.22. The lowest BCUT2D eigenvalue weighted by Crippen LogP contribution is -2.23. The van der Waals surface area contributed by atoms with Crippen molar-refractivity contribution in [3.05, 3.63) is 35.4 Å². The number of fused-ring (bicyclic) bond motifs is 2. The molecule has 0 radical (unpaired) electrons. The van der Waals surface area contributed by atoms with Crippen molar-refractivity contribution < 1.29 is 38.0 Å². The number of benzene rings is 1. The number of ether oxygens (including phenoxy) is 7. The third kappa shape index (κ3) is 7.18. The number of methoxy groups -OCH3 is 2. The number of esters is 1. The van der Waals surface area contributed by atoms with E-state index in [1.807, 2.05) is 39.0 Å². The molecular weight excluding hydrogens is 440 g/mol. The van der Waals surface area contributed by atoms with E-state index in [0.717, 1.165) is 18.4 Å². The number of rotatable bonds is 6. The fourth-order valence-corrected chi connectivity index (χ4v) is 4.35. The Balaban J connectivity index is 1.95. The summed E-state index contributed by atoms with van der Waals surface area (Å²) < 4.78 is 39.7. The van der Waals surface area contributed by atoms with Gasteiger partial charge in [-0.05, 0) is 57.6 Å². The minimum absolute atomic E-state index is 0.00249. The zero-order valence-corrected chi connectivity index (χ0v) is 21.1. The van der Waals surface area contributed by atoms with Crippen molar-refractivity contribution in [1.82, 2.24) is 0 Å². The molecule has 2 heterocycles. The standard InChI is InChI=1S/C26H38O8/c1-17-10-11-22-21(33-26(3,4)34-22)9-7-8-18(2)32-25(27)24-19(12-17)13-20(30-15-28-5)14-23(24)31-16-29-6/h7,9,13-14,17-18,21-22H,8,10-12,15-16H2,1-6H3/b9-7+/t17?,18-,21+,22-/m0/s1. The highest BCUT2D eigenvalue weighted by Gasteiger charge is 2.39. The number of hydrogen-bond acceptors (Lipinski definition) is 8. The molecule has 0 N–H and O–H groups in total. The molecule has 0 spiro atoms. The number of carbonyl (C=O) groups excluding carboxylic acids is 1. The number of carbonyl (C=O) groups is 1. The van der Waals surface area contributed by atoms with Crippen molar-refractivity contribution in [1.29, 1.82) is 0 Å². The second-order valence-electron chi connectivity index (χ2n) is 9.46. The van der Waals surface area contributed by atoms with Gasteiger partial charge in [0.1, 0.15) is 29.3 Å². The molecule has 190 valence electrons. The van der Waals surface area contributed by atoms with E-state index in [1.165, 1.54) is 7.11 Å². The van der Waals surface area contributed by atoms with Crippen molar-refractivity contribution in [3.8, 4) is 11.5 Å². The molecule has 0 saturated carbocycles. The summed E-state index contributed by atoms with van der Waals surface area (Å²) in [5.41, 5.74) is 1.21. The predicted octanol–water partition coefficient (Wildman–Crippen LogP) is 4.64. The highest BCUT2D eigenvalue weighted by Crippen LogP contribution is 2.35. The van der Waals surface area contributed by atoms with Crippen LogP contribution in [0.5, 0.6) is 11.5 Å². The van der Waals surface area contributed by atoms with E-state index in [9.17, 15) is 4.79 Å². The maximum Gasteiger partial charge on any atom is 0.342 e. The summed E-state index contributed by atoms with van der Waals surface area (Å²) in [7, 11) is 3.09. The largest absolute Gasteiger partial charge is 0.467 e. The van der Waals surface area contributed by atoms with Crippen LogP contribution < -0.4 is 9.47 Å². The van der Waals surface area contributed by atoms with Gasteiger partial charge < -0.3 is 33.2 Å². The van der Waals surface area contributed by atoms with Crippen molar-refractivity contribution >= 4 is 5.97 Å². The van der Waals surface area contributed by atoms with Gasteiger partial charge in [-0.1, -0.05) is 19.1 Å². The molecule has 0 aromatic heterocycles. The highest BCUT2D eigenvalue weighted by atomic mass is 16.7. The molecule has 8 heteroatoms. The average molecular weight is 479 g/mol. The van der Waals surface area contributed by atoms with E-state index in [0.29, 0.717) is 29.9 Å². The second-order valence-corrected chi connectivity index (χ2v) is 9.46. The summed E-state index contributed by atoms with van der Waals surface area (Å²) in [5.74, 6) is 0.133. The summed E-state index contributed by atoms with van der Waals surface area (Å²) in [4.78, 5) is 13.3. The van der Waals surface area contributed by atoms with Gasteiger partial charge in [0, 0.05) is 26.7 Å². The average Bonchev–Trinajstić information content (AvgIpc) is 3.07. The Bertz CT molecular complexity index is 849. The summed E-state index contributed by atoms with van der Waals surface area (Å²) >= 11 is 0. The lowest BCUT2D eigenvalue weighted by atomic mass is 9.91. The van der Waals surface area contributed by atoms with Gasteiger partial charge in [0.05, 0.1) is 6.10 Å². The van der Waals surface area contributed by atoms with Crippen molar-refractivity contribution in [2.45, 2.75) is 77.5 Å². The molecule has 0 amide bonds.